The van der Waals surface area contributed by atoms with Gasteiger partial charge >= 0.3 is 6.01 Å². The zero-order chi connectivity index (χ0) is 17.1. The van der Waals surface area contributed by atoms with E-state index in [-0.39, 0.29) is 0 Å². The van der Waals surface area contributed by atoms with Crippen LogP contribution in [0.4, 0.5) is 5.95 Å². The Hall–Kier alpha value is -2.24. The first-order valence-corrected chi connectivity index (χ1v) is 9.23. The Bertz CT molecular complexity index is 670. The molecule has 6 nitrogen and oxygen atoms in total. The Labute approximate surface area is 148 Å². The highest BCUT2D eigenvalue weighted by Crippen LogP contribution is 2.49. The van der Waals surface area contributed by atoms with Gasteiger partial charge in [-0.3, -0.25) is 0 Å². The second-order valence-electron chi connectivity index (χ2n) is 7.21. The van der Waals surface area contributed by atoms with Crippen LogP contribution in [0.2, 0.25) is 0 Å². The molecule has 4 rings (SSSR count). The minimum absolute atomic E-state index is 0.492. The lowest BCUT2D eigenvalue weighted by Gasteiger charge is -2.32. The lowest BCUT2D eigenvalue weighted by Crippen LogP contribution is -2.35. The van der Waals surface area contributed by atoms with Gasteiger partial charge in [-0.2, -0.15) is 0 Å². The fourth-order valence-corrected chi connectivity index (χ4v) is 3.92. The zero-order valence-electron chi connectivity index (χ0n) is 14.7. The summed E-state index contributed by atoms with van der Waals surface area (Å²) in [5.41, 5.74) is 1.11. The Kier molecular flexibility index (Phi) is 4.76. The van der Waals surface area contributed by atoms with Crippen molar-refractivity contribution in [1.82, 2.24) is 19.9 Å². The molecule has 0 bridgehead atoms. The molecule has 1 aliphatic carbocycles. The van der Waals surface area contributed by atoms with Crippen molar-refractivity contribution in [3.63, 3.8) is 0 Å². The highest BCUT2D eigenvalue weighted by atomic mass is 16.5. The van der Waals surface area contributed by atoms with E-state index in [4.69, 9.17) is 4.74 Å². The van der Waals surface area contributed by atoms with Gasteiger partial charge < -0.3 is 9.64 Å². The molecule has 0 amide bonds. The highest BCUT2D eigenvalue weighted by Gasteiger charge is 2.43. The number of rotatable bonds is 6. The van der Waals surface area contributed by atoms with Gasteiger partial charge in [0.15, 0.2) is 0 Å². The van der Waals surface area contributed by atoms with Crippen molar-refractivity contribution >= 4 is 5.95 Å². The van der Waals surface area contributed by atoms with Crippen molar-refractivity contribution in [2.24, 2.45) is 17.8 Å². The summed E-state index contributed by atoms with van der Waals surface area (Å²) in [4.78, 5) is 19.4. The highest BCUT2D eigenvalue weighted by molar-refractivity contribution is 5.30. The fraction of sp³-hybridized carbons (Fsp3) is 0.579. The Morgan fingerprint density at radius 1 is 1.08 bits per heavy atom. The van der Waals surface area contributed by atoms with Crippen LogP contribution in [0.1, 0.15) is 31.2 Å². The third-order valence-electron chi connectivity index (χ3n) is 5.43. The summed E-state index contributed by atoms with van der Waals surface area (Å²) in [6.45, 7) is 4.90. The number of hydrogen-bond donors (Lipinski definition) is 0. The lowest BCUT2D eigenvalue weighted by atomic mass is 9.90. The molecule has 2 aliphatic rings. The first-order chi connectivity index (χ1) is 12.3. The fourth-order valence-electron chi connectivity index (χ4n) is 3.92. The van der Waals surface area contributed by atoms with Crippen LogP contribution in [-0.4, -0.2) is 39.6 Å². The maximum Gasteiger partial charge on any atom is 0.316 e. The van der Waals surface area contributed by atoms with E-state index in [2.05, 4.69) is 24.8 Å². The van der Waals surface area contributed by atoms with Crippen LogP contribution in [0, 0.1) is 24.7 Å². The van der Waals surface area contributed by atoms with Gasteiger partial charge in [-0.05, 0) is 62.0 Å². The van der Waals surface area contributed by atoms with E-state index in [1.54, 1.807) is 18.5 Å². The minimum atomic E-state index is 0.492. The zero-order valence-corrected chi connectivity index (χ0v) is 14.7. The van der Waals surface area contributed by atoms with Gasteiger partial charge in [-0.15, -0.1) is 0 Å². The van der Waals surface area contributed by atoms with E-state index in [0.717, 1.165) is 55.4 Å². The number of anilines is 1. The molecular weight excluding hydrogens is 314 g/mol. The normalized spacial score (nSPS) is 23.5. The number of aryl methyl sites for hydroxylation is 1. The average Bonchev–Trinajstić information content (AvgIpc) is 3.43. The van der Waals surface area contributed by atoms with Crippen molar-refractivity contribution in [2.45, 2.75) is 32.6 Å². The van der Waals surface area contributed by atoms with Gasteiger partial charge in [0.2, 0.25) is 5.95 Å². The van der Waals surface area contributed by atoms with Gasteiger partial charge in [-0.25, -0.2) is 19.9 Å². The molecule has 2 aromatic heterocycles. The van der Waals surface area contributed by atoms with Crippen molar-refractivity contribution in [1.29, 1.82) is 0 Å². The molecule has 1 aliphatic heterocycles. The summed E-state index contributed by atoms with van der Waals surface area (Å²) in [7, 11) is 0. The van der Waals surface area contributed by atoms with E-state index >= 15 is 0 Å². The van der Waals surface area contributed by atoms with Crippen LogP contribution in [0.15, 0.2) is 30.9 Å². The van der Waals surface area contributed by atoms with E-state index < -0.39 is 0 Å². The Morgan fingerprint density at radius 3 is 2.52 bits per heavy atom. The molecule has 6 heteroatoms. The van der Waals surface area contributed by atoms with Crippen LogP contribution in [-0.2, 0) is 0 Å². The molecule has 2 aromatic rings. The lowest BCUT2D eigenvalue weighted by molar-refractivity contribution is 0.266. The maximum atomic E-state index is 5.63. The molecule has 25 heavy (non-hydrogen) atoms. The quantitative estimate of drug-likeness (QED) is 0.806. The Balaban J connectivity index is 1.18. The van der Waals surface area contributed by atoms with E-state index in [0.29, 0.717) is 6.01 Å². The number of hydrogen-bond acceptors (Lipinski definition) is 6. The standard InChI is InChI=1S/C19H25N5O/c1-14-12-22-18(23-13-14)24-8-3-15(4-9-24)17-11-16(17)5-10-25-19-20-6-2-7-21-19/h2,6-7,12-13,15-17H,3-5,8-11H2,1H3. The van der Waals surface area contributed by atoms with Gasteiger partial charge in [0.25, 0.3) is 0 Å². The van der Waals surface area contributed by atoms with E-state index in [9.17, 15) is 0 Å². The molecule has 1 saturated carbocycles. The van der Waals surface area contributed by atoms with Gasteiger partial charge in [0.1, 0.15) is 0 Å². The summed E-state index contributed by atoms with van der Waals surface area (Å²) >= 11 is 0. The second-order valence-corrected chi connectivity index (χ2v) is 7.21. The van der Waals surface area contributed by atoms with Crippen LogP contribution in [0.5, 0.6) is 6.01 Å². The van der Waals surface area contributed by atoms with Crippen LogP contribution in [0.25, 0.3) is 0 Å². The molecule has 1 saturated heterocycles. The molecule has 0 spiro atoms. The molecule has 3 heterocycles. The smallest absolute Gasteiger partial charge is 0.316 e. The number of aromatic nitrogens is 4. The third kappa shape index (κ3) is 4.06. The van der Waals surface area contributed by atoms with Crippen LogP contribution >= 0.6 is 0 Å². The summed E-state index contributed by atoms with van der Waals surface area (Å²) < 4.78 is 5.63. The predicted molar refractivity (Wildman–Crippen MR) is 95.4 cm³/mol. The molecule has 2 atom stereocenters. The second kappa shape index (κ2) is 7.33. The van der Waals surface area contributed by atoms with E-state index in [1.165, 1.54) is 19.3 Å². The first-order valence-electron chi connectivity index (χ1n) is 9.23. The monoisotopic (exact) mass is 339 g/mol. The largest absolute Gasteiger partial charge is 0.463 e. The molecule has 2 fully saturated rings. The van der Waals surface area contributed by atoms with Crippen molar-refractivity contribution < 1.29 is 4.74 Å². The minimum Gasteiger partial charge on any atom is -0.463 e. The summed E-state index contributed by atoms with van der Waals surface area (Å²) in [6.07, 6.45) is 12.2. The van der Waals surface area contributed by atoms with Crippen molar-refractivity contribution in [3.8, 4) is 6.01 Å². The number of nitrogens with zero attached hydrogens (tertiary/aromatic N) is 5. The van der Waals surface area contributed by atoms with Gasteiger partial charge in [-0.1, -0.05) is 0 Å². The molecular formula is C19H25N5O. The van der Waals surface area contributed by atoms with Crippen molar-refractivity contribution in [2.75, 3.05) is 24.6 Å². The van der Waals surface area contributed by atoms with Crippen LogP contribution in [0.3, 0.4) is 0 Å². The van der Waals surface area contributed by atoms with Crippen molar-refractivity contribution in [3.05, 3.63) is 36.4 Å². The van der Waals surface area contributed by atoms with Gasteiger partial charge in [0.05, 0.1) is 6.61 Å². The van der Waals surface area contributed by atoms with Gasteiger partial charge in [0, 0.05) is 37.9 Å². The molecule has 2 unspecified atom stereocenters. The maximum absolute atomic E-state index is 5.63. The SMILES string of the molecule is Cc1cnc(N2CCC(C3CC3CCOc3ncccn3)CC2)nc1. The Morgan fingerprint density at radius 2 is 1.80 bits per heavy atom. The first kappa shape index (κ1) is 16.2. The number of piperidine rings is 1. The molecule has 0 radical (unpaired) electrons. The molecule has 0 aromatic carbocycles. The third-order valence-corrected chi connectivity index (χ3v) is 5.43. The topological polar surface area (TPSA) is 64.0 Å². The summed E-state index contributed by atoms with van der Waals surface area (Å²) in [6, 6.07) is 2.30. The number of ether oxygens (including phenoxy) is 1. The predicted octanol–water partition coefficient (Wildman–Crippen LogP) is 2.90. The van der Waals surface area contributed by atoms with Crippen LogP contribution < -0.4 is 9.64 Å². The average molecular weight is 339 g/mol. The van der Waals surface area contributed by atoms with E-state index in [1.807, 2.05) is 19.3 Å². The molecule has 0 N–H and O–H groups in total. The summed E-state index contributed by atoms with van der Waals surface area (Å²) in [5.74, 6) is 3.42. The molecule has 132 valence electrons. The summed E-state index contributed by atoms with van der Waals surface area (Å²) in [5, 5.41) is 0.